The molecule has 0 aromatic heterocycles. The van der Waals surface area contributed by atoms with Gasteiger partial charge in [-0.1, -0.05) is 6.92 Å². The van der Waals surface area contributed by atoms with Gasteiger partial charge in [-0.2, -0.15) is 0 Å². The quantitative estimate of drug-likeness (QED) is 0.711. The predicted octanol–water partition coefficient (Wildman–Crippen LogP) is 1.63. The topological polar surface area (TPSA) is 44.7 Å². The second kappa shape index (κ2) is 6.73. The van der Waals surface area contributed by atoms with Crippen molar-refractivity contribution >= 4 is 0 Å². The lowest BCUT2D eigenvalue weighted by Crippen LogP contribution is -2.51. The number of rotatable bonds is 8. The highest BCUT2D eigenvalue weighted by Crippen LogP contribution is 2.31. The van der Waals surface area contributed by atoms with Crippen LogP contribution in [0, 0.1) is 5.41 Å². The van der Waals surface area contributed by atoms with E-state index in [-0.39, 0.29) is 5.41 Å². The highest BCUT2D eigenvalue weighted by molar-refractivity contribution is 4.91. The van der Waals surface area contributed by atoms with Crippen molar-refractivity contribution in [1.29, 1.82) is 0 Å². The number of aliphatic hydroxyl groups is 1. The number of nitrogens with zero attached hydrogens (tertiary/aromatic N) is 1. The molecule has 4 nitrogen and oxygen atoms in total. The van der Waals surface area contributed by atoms with Crippen molar-refractivity contribution in [2.45, 2.75) is 58.1 Å². The Bertz CT molecular complexity index is 291. The summed E-state index contributed by atoms with van der Waals surface area (Å²) in [6.07, 6.45) is 5.05. The molecule has 2 aliphatic rings. The maximum Gasteiger partial charge on any atom is 0.0718 e. The van der Waals surface area contributed by atoms with Gasteiger partial charge in [-0.05, 0) is 46.1 Å². The molecule has 0 amide bonds. The van der Waals surface area contributed by atoms with Crippen LogP contribution in [0.3, 0.4) is 0 Å². The van der Waals surface area contributed by atoms with Crippen LogP contribution in [0.25, 0.3) is 0 Å². The van der Waals surface area contributed by atoms with Crippen LogP contribution in [0.1, 0.15) is 46.5 Å². The molecule has 0 aromatic carbocycles. The van der Waals surface area contributed by atoms with E-state index in [1.54, 1.807) is 0 Å². The number of likely N-dealkylation sites (N-methyl/N-ethyl adjacent to an activating group) is 1. The summed E-state index contributed by atoms with van der Waals surface area (Å²) in [5, 5.41) is 13.8. The fraction of sp³-hybridized carbons (Fsp3) is 1.00. The predicted molar refractivity (Wildman–Crippen MR) is 81.9 cm³/mol. The molecule has 1 saturated carbocycles. The van der Waals surface area contributed by atoms with Gasteiger partial charge in [0.2, 0.25) is 0 Å². The second-order valence-electron chi connectivity index (χ2n) is 7.43. The van der Waals surface area contributed by atoms with Crippen LogP contribution in [0.2, 0.25) is 0 Å². The third kappa shape index (κ3) is 5.32. The fourth-order valence-corrected chi connectivity index (χ4v) is 3.18. The van der Waals surface area contributed by atoms with Gasteiger partial charge in [0, 0.05) is 37.7 Å². The van der Waals surface area contributed by atoms with Gasteiger partial charge in [0.05, 0.1) is 12.2 Å². The van der Waals surface area contributed by atoms with Crippen LogP contribution in [-0.4, -0.2) is 61.0 Å². The minimum Gasteiger partial charge on any atom is -0.389 e. The summed E-state index contributed by atoms with van der Waals surface area (Å²) in [5.41, 5.74) is -0.404. The van der Waals surface area contributed by atoms with Crippen LogP contribution in [0.5, 0.6) is 0 Å². The largest absolute Gasteiger partial charge is 0.389 e. The molecular formula is C16H32N2O2. The maximum atomic E-state index is 10.1. The van der Waals surface area contributed by atoms with Gasteiger partial charge >= 0.3 is 0 Å². The number of hydrogen-bond donors (Lipinski definition) is 2. The molecule has 1 atom stereocenters. The molecule has 1 aliphatic carbocycles. The first-order chi connectivity index (χ1) is 9.42. The molecule has 0 bridgehead atoms. The molecule has 1 aliphatic heterocycles. The van der Waals surface area contributed by atoms with Crippen LogP contribution in [-0.2, 0) is 4.74 Å². The Kier molecular flexibility index (Phi) is 5.46. The SMILES string of the molecule is CCN(CC(C)(C)O)CC1(CNC2CC2)CCCOC1. The van der Waals surface area contributed by atoms with Gasteiger partial charge in [0.15, 0.2) is 0 Å². The van der Waals surface area contributed by atoms with E-state index in [1.807, 2.05) is 13.8 Å². The Morgan fingerprint density at radius 3 is 2.65 bits per heavy atom. The van der Waals surface area contributed by atoms with Gasteiger partial charge in [-0.25, -0.2) is 0 Å². The first kappa shape index (κ1) is 16.2. The number of ether oxygens (including phenoxy) is 1. The lowest BCUT2D eigenvalue weighted by atomic mass is 9.81. The van der Waals surface area contributed by atoms with E-state index in [0.29, 0.717) is 0 Å². The normalized spacial score (nSPS) is 28.1. The first-order valence-electron chi connectivity index (χ1n) is 8.18. The Hall–Kier alpha value is -0.160. The molecule has 1 heterocycles. The molecule has 20 heavy (non-hydrogen) atoms. The molecule has 2 fully saturated rings. The Labute approximate surface area is 123 Å². The average Bonchev–Trinajstić information content (AvgIpc) is 3.19. The minimum atomic E-state index is -0.628. The zero-order valence-electron chi connectivity index (χ0n) is 13.5. The van der Waals surface area contributed by atoms with Crippen molar-refractivity contribution in [2.24, 2.45) is 5.41 Å². The Balaban J connectivity index is 1.93. The molecular weight excluding hydrogens is 252 g/mol. The highest BCUT2D eigenvalue weighted by Gasteiger charge is 2.37. The van der Waals surface area contributed by atoms with Crippen LogP contribution in [0.4, 0.5) is 0 Å². The van der Waals surface area contributed by atoms with Crippen molar-refractivity contribution in [1.82, 2.24) is 10.2 Å². The molecule has 2 rings (SSSR count). The summed E-state index contributed by atoms with van der Waals surface area (Å²) in [7, 11) is 0. The molecule has 4 heteroatoms. The van der Waals surface area contributed by atoms with E-state index in [2.05, 4.69) is 17.1 Å². The molecule has 2 N–H and O–H groups in total. The molecule has 118 valence electrons. The molecule has 1 unspecified atom stereocenters. The van der Waals surface area contributed by atoms with Gasteiger partial charge in [0.25, 0.3) is 0 Å². The van der Waals surface area contributed by atoms with Gasteiger partial charge in [0.1, 0.15) is 0 Å². The minimum absolute atomic E-state index is 0.224. The molecule has 0 spiro atoms. The summed E-state index contributed by atoms with van der Waals surface area (Å²) < 4.78 is 5.78. The molecule has 0 aromatic rings. The summed E-state index contributed by atoms with van der Waals surface area (Å²) in [6, 6.07) is 0.748. The van der Waals surface area contributed by atoms with Crippen LogP contribution >= 0.6 is 0 Å². The first-order valence-corrected chi connectivity index (χ1v) is 8.18. The Morgan fingerprint density at radius 2 is 2.15 bits per heavy atom. The third-order valence-corrected chi connectivity index (χ3v) is 4.36. The van der Waals surface area contributed by atoms with Crippen molar-refractivity contribution in [3.63, 3.8) is 0 Å². The van der Waals surface area contributed by atoms with Crippen molar-refractivity contribution in [3.8, 4) is 0 Å². The van der Waals surface area contributed by atoms with E-state index in [4.69, 9.17) is 4.74 Å². The molecule has 0 radical (unpaired) electrons. The van der Waals surface area contributed by atoms with Gasteiger partial charge in [-0.3, -0.25) is 0 Å². The van der Waals surface area contributed by atoms with Gasteiger partial charge < -0.3 is 20.1 Å². The van der Waals surface area contributed by atoms with E-state index in [1.165, 1.54) is 19.3 Å². The maximum absolute atomic E-state index is 10.1. The van der Waals surface area contributed by atoms with Crippen molar-refractivity contribution in [2.75, 3.05) is 39.4 Å². The summed E-state index contributed by atoms with van der Waals surface area (Å²) >= 11 is 0. The van der Waals surface area contributed by atoms with E-state index in [0.717, 1.165) is 51.9 Å². The molecule has 1 saturated heterocycles. The number of nitrogens with one attached hydrogen (secondary N) is 1. The zero-order chi connectivity index (χ0) is 14.6. The van der Waals surface area contributed by atoms with Crippen molar-refractivity contribution in [3.05, 3.63) is 0 Å². The fourth-order valence-electron chi connectivity index (χ4n) is 3.18. The van der Waals surface area contributed by atoms with Crippen LogP contribution in [0.15, 0.2) is 0 Å². The van der Waals surface area contributed by atoms with E-state index in [9.17, 15) is 5.11 Å². The Morgan fingerprint density at radius 1 is 1.40 bits per heavy atom. The third-order valence-electron chi connectivity index (χ3n) is 4.36. The van der Waals surface area contributed by atoms with Gasteiger partial charge in [-0.15, -0.1) is 0 Å². The smallest absolute Gasteiger partial charge is 0.0718 e. The second-order valence-corrected chi connectivity index (χ2v) is 7.43. The van der Waals surface area contributed by atoms with Crippen molar-refractivity contribution < 1.29 is 9.84 Å². The standard InChI is InChI=1S/C16H32N2O2/c1-4-18(11-15(2,3)19)12-16(8-5-9-20-13-16)10-17-14-6-7-14/h14,17,19H,4-13H2,1-3H3. The zero-order valence-corrected chi connectivity index (χ0v) is 13.5. The van der Waals surface area contributed by atoms with E-state index < -0.39 is 5.60 Å². The highest BCUT2D eigenvalue weighted by atomic mass is 16.5. The lowest BCUT2D eigenvalue weighted by Gasteiger charge is -2.42. The monoisotopic (exact) mass is 284 g/mol. The summed E-state index contributed by atoms with van der Waals surface area (Å²) in [4.78, 5) is 2.38. The van der Waals surface area contributed by atoms with Crippen LogP contribution < -0.4 is 5.32 Å². The van der Waals surface area contributed by atoms with E-state index >= 15 is 0 Å². The average molecular weight is 284 g/mol. The summed E-state index contributed by atoms with van der Waals surface area (Å²) in [5.74, 6) is 0. The summed E-state index contributed by atoms with van der Waals surface area (Å²) in [6.45, 7) is 11.5. The number of hydrogen-bond acceptors (Lipinski definition) is 4. The lowest BCUT2D eigenvalue weighted by molar-refractivity contribution is -0.0401.